The summed E-state index contributed by atoms with van der Waals surface area (Å²) in [6.07, 6.45) is 0. The molecule has 0 bridgehead atoms. The van der Waals surface area contributed by atoms with Gasteiger partial charge in [0.05, 0.1) is 6.04 Å². The van der Waals surface area contributed by atoms with Crippen molar-refractivity contribution >= 4 is 17.5 Å². The highest BCUT2D eigenvalue weighted by Gasteiger charge is 2.27. The molecule has 110 valence electrons. The average Bonchev–Trinajstić information content (AvgIpc) is 2.34. The molecule has 20 heavy (non-hydrogen) atoms. The predicted molar refractivity (Wildman–Crippen MR) is 77.2 cm³/mol. The van der Waals surface area contributed by atoms with Gasteiger partial charge in [-0.25, -0.2) is 0 Å². The van der Waals surface area contributed by atoms with Gasteiger partial charge >= 0.3 is 0 Å². The van der Waals surface area contributed by atoms with Crippen LogP contribution in [0.2, 0.25) is 0 Å². The van der Waals surface area contributed by atoms with E-state index < -0.39 is 11.9 Å². The Labute approximate surface area is 118 Å². The summed E-state index contributed by atoms with van der Waals surface area (Å²) in [5.41, 5.74) is 11.1. The number of amides is 2. The Morgan fingerprint density at radius 2 is 2.00 bits per heavy atom. The molecule has 0 aliphatic carbocycles. The number of ether oxygens (including phenoxy) is 1. The molecule has 0 saturated carbocycles. The van der Waals surface area contributed by atoms with Crippen LogP contribution < -0.4 is 21.5 Å². The van der Waals surface area contributed by atoms with Crippen LogP contribution in [0.3, 0.4) is 0 Å². The van der Waals surface area contributed by atoms with Crippen molar-refractivity contribution in [3.8, 4) is 5.75 Å². The van der Waals surface area contributed by atoms with Crippen LogP contribution in [0.4, 0.5) is 5.69 Å². The third kappa shape index (κ3) is 4.89. The summed E-state index contributed by atoms with van der Waals surface area (Å²) < 4.78 is 5.16. The third-order valence-corrected chi connectivity index (χ3v) is 2.70. The maximum absolute atomic E-state index is 12.0. The van der Waals surface area contributed by atoms with E-state index in [1.807, 2.05) is 20.8 Å². The lowest BCUT2D eigenvalue weighted by Gasteiger charge is -2.25. The van der Waals surface area contributed by atoms with Crippen molar-refractivity contribution in [3.05, 3.63) is 24.3 Å². The molecular formula is C14H21N3O3. The van der Waals surface area contributed by atoms with Gasteiger partial charge in [0.2, 0.25) is 5.91 Å². The van der Waals surface area contributed by atoms with Gasteiger partial charge in [-0.15, -0.1) is 0 Å². The first-order valence-electron chi connectivity index (χ1n) is 6.28. The second-order valence-electron chi connectivity index (χ2n) is 5.62. The van der Waals surface area contributed by atoms with E-state index in [-0.39, 0.29) is 17.9 Å². The lowest BCUT2D eigenvalue weighted by Crippen LogP contribution is -2.45. The molecule has 0 fully saturated rings. The van der Waals surface area contributed by atoms with Crippen molar-refractivity contribution < 1.29 is 14.3 Å². The molecule has 1 unspecified atom stereocenters. The maximum atomic E-state index is 12.0. The Hall–Kier alpha value is -2.08. The molecule has 0 aromatic heterocycles. The molecule has 1 rings (SSSR count). The van der Waals surface area contributed by atoms with Gasteiger partial charge in [-0.3, -0.25) is 9.59 Å². The van der Waals surface area contributed by atoms with E-state index in [1.54, 1.807) is 24.3 Å². The van der Waals surface area contributed by atoms with Crippen molar-refractivity contribution in [3.63, 3.8) is 0 Å². The number of hydrogen-bond acceptors (Lipinski definition) is 4. The number of anilines is 1. The average molecular weight is 279 g/mol. The summed E-state index contributed by atoms with van der Waals surface area (Å²) in [5, 5.41) is 2.72. The molecule has 0 spiro atoms. The summed E-state index contributed by atoms with van der Waals surface area (Å²) in [6.45, 7) is 5.47. The molecule has 1 atom stereocenters. The van der Waals surface area contributed by atoms with E-state index in [0.29, 0.717) is 11.4 Å². The number of nitrogens with two attached hydrogens (primary N) is 2. The van der Waals surface area contributed by atoms with E-state index in [9.17, 15) is 9.59 Å². The Morgan fingerprint density at radius 1 is 1.35 bits per heavy atom. The summed E-state index contributed by atoms with van der Waals surface area (Å²) in [4.78, 5) is 22.6. The first-order chi connectivity index (χ1) is 9.20. The van der Waals surface area contributed by atoms with Crippen LogP contribution in [0.1, 0.15) is 20.8 Å². The molecule has 0 aliphatic heterocycles. The zero-order valence-corrected chi connectivity index (χ0v) is 12.0. The zero-order chi connectivity index (χ0) is 15.3. The second-order valence-corrected chi connectivity index (χ2v) is 5.62. The van der Waals surface area contributed by atoms with E-state index in [0.717, 1.165) is 0 Å². The van der Waals surface area contributed by atoms with Crippen molar-refractivity contribution in [1.82, 2.24) is 0 Å². The topological polar surface area (TPSA) is 107 Å². The summed E-state index contributed by atoms with van der Waals surface area (Å²) in [6, 6.07) is 6.06. The van der Waals surface area contributed by atoms with E-state index in [1.165, 1.54) is 0 Å². The molecule has 0 aliphatic rings. The van der Waals surface area contributed by atoms with Crippen LogP contribution in [0.25, 0.3) is 0 Å². The fourth-order valence-corrected chi connectivity index (χ4v) is 1.43. The van der Waals surface area contributed by atoms with Crippen molar-refractivity contribution in [2.24, 2.45) is 16.9 Å². The fraction of sp³-hybridized carbons (Fsp3) is 0.429. The highest BCUT2D eigenvalue weighted by molar-refractivity contribution is 5.95. The van der Waals surface area contributed by atoms with Crippen LogP contribution in [-0.2, 0) is 9.59 Å². The van der Waals surface area contributed by atoms with Crippen LogP contribution in [0, 0.1) is 5.41 Å². The van der Waals surface area contributed by atoms with Gasteiger partial charge in [0.1, 0.15) is 5.75 Å². The van der Waals surface area contributed by atoms with Gasteiger partial charge in [-0.1, -0.05) is 26.8 Å². The van der Waals surface area contributed by atoms with Crippen LogP contribution in [0.15, 0.2) is 24.3 Å². The Bertz CT molecular complexity index is 495. The lowest BCUT2D eigenvalue weighted by molar-refractivity contribution is -0.120. The smallest absolute Gasteiger partial charge is 0.255 e. The molecule has 0 saturated heterocycles. The second kappa shape index (κ2) is 6.38. The summed E-state index contributed by atoms with van der Waals surface area (Å²) >= 11 is 0. The van der Waals surface area contributed by atoms with Crippen LogP contribution in [0.5, 0.6) is 5.75 Å². The first-order valence-corrected chi connectivity index (χ1v) is 6.28. The first kappa shape index (κ1) is 16.0. The highest BCUT2D eigenvalue weighted by atomic mass is 16.5. The number of carbonyl (C=O) groups is 2. The molecule has 1 aromatic rings. The minimum atomic E-state index is -0.627. The van der Waals surface area contributed by atoms with Crippen LogP contribution >= 0.6 is 0 Å². The monoisotopic (exact) mass is 279 g/mol. The number of hydrogen-bond donors (Lipinski definition) is 3. The van der Waals surface area contributed by atoms with Gasteiger partial charge < -0.3 is 21.5 Å². The van der Waals surface area contributed by atoms with E-state index in [4.69, 9.17) is 16.2 Å². The third-order valence-electron chi connectivity index (χ3n) is 2.70. The highest BCUT2D eigenvalue weighted by Crippen LogP contribution is 2.21. The van der Waals surface area contributed by atoms with E-state index in [2.05, 4.69) is 5.32 Å². The Morgan fingerprint density at radius 3 is 2.55 bits per heavy atom. The van der Waals surface area contributed by atoms with Crippen molar-refractivity contribution in [2.45, 2.75) is 26.8 Å². The van der Waals surface area contributed by atoms with Gasteiger partial charge in [0.15, 0.2) is 6.61 Å². The van der Waals surface area contributed by atoms with Gasteiger partial charge in [0.25, 0.3) is 5.91 Å². The van der Waals surface area contributed by atoms with Crippen LogP contribution in [-0.4, -0.2) is 24.5 Å². The number of benzene rings is 1. The number of carbonyl (C=O) groups excluding carboxylic acids is 2. The van der Waals surface area contributed by atoms with Crippen molar-refractivity contribution in [2.75, 3.05) is 11.9 Å². The molecule has 0 radical (unpaired) electrons. The fourth-order valence-electron chi connectivity index (χ4n) is 1.43. The predicted octanol–water partition coefficient (Wildman–Crippen LogP) is 0.863. The lowest BCUT2D eigenvalue weighted by atomic mass is 9.87. The SMILES string of the molecule is CC(C)(C)C(N)C(=O)Nc1cccc(OCC(N)=O)c1. The summed E-state index contributed by atoms with van der Waals surface area (Å²) in [5.74, 6) is -0.385. The number of primary amides is 1. The standard InChI is InChI=1S/C14H21N3O3/c1-14(2,3)12(16)13(19)17-9-5-4-6-10(7-9)20-8-11(15)18/h4-7,12H,8,16H2,1-3H3,(H2,15,18)(H,17,19). The maximum Gasteiger partial charge on any atom is 0.255 e. The Kier molecular flexibility index (Phi) is 5.10. The molecule has 0 heterocycles. The van der Waals surface area contributed by atoms with Gasteiger partial charge in [-0.2, -0.15) is 0 Å². The van der Waals surface area contributed by atoms with Gasteiger partial charge in [-0.05, 0) is 17.5 Å². The molecule has 1 aromatic carbocycles. The summed E-state index contributed by atoms with van der Waals surface area (Å²) in [7, 11) is 0. The molecule has 6 heteroatoms. The molecule has 2 amide bonds. The van der Waals surface area contributed by atoms with Gasteiger partial charge in [0, 0.05) is 11.8 Å². The molecular weight excluding hydrogens is 258 g/mol. The number of nitrogens with one attached hydrogen (secondary N) is 1. The molecule has 6 nitrogen and oxygen atoms in total. The Balaban J connectivity index is 2.71. The number of rotatable bonds is 5. The minimum Gasteiger partial charge on any atom is -0.484 e. The largest absolute Gasteiger partial charge is 0.484 e. The van der Waals surface area contributed by atoms with Crippen molar-refractivity contribution in [1.29, 1.82) is 0 Å². The van der Waals surface area contributed by atoms with E-state index >= 15 is 0 Å². The molecule has 5 N–H and O–H groups in total. The zero-order valence-electron chi connectivity index (χ0n) is 12.0. The normalized spacial score (nSPS) is 12.6. The minimum absolute atomic E-state index is 0.209. The quantitative estimate of drug-likeness (QED) is 0.743.